The summed E-state index contributed by atoms with van der Waals surface area (Å²) >= 11 is 0. The smallest absolute Gasteiger partial charge is 0.0807 e. The lowest BCUT2D eigenvalue weighted by Gasteiger charge is -2.24. The molecular weight excluding hydrogens is 210 g/mol. The lowest BCUT2D eigenvalue weighted by Crippen LogP contribution is -2.22. The summed E-state index contributed by atoms with van der Waals surface area (Å²) in [6.45, 7) is 5.43. The number of anilines is 1. The maximum Gasteiger partial charge on any atom is 0.0807 e. The Kier molecular flexibility index (Phi) is 3.72. The number of rotatable bonds is 5. The lowest BCUT2D eigenvalue weighted by atomic mass is 10.0. The highest BCUT2D eigenvalue weighted by molar-refractivity contribution is 5.54. The molecule has 2 rings (SSSR count). The summed E-state index contributed by atoms with van der Waals surface area (Å²) in [5.74, 6) is 1.72. The average molecular weight is 233 g/mol. The Hall–Kier alpha value is -1.02. The Morgan fingerprint density at radius 2 is 2.06 bits per heavy atom. The van der Waals surface area contributed by atoms with Crippen molar-refractivity contribution < 1.29 is 5.11 Å². The molecule has 2 heteroatoms. The molecule has 0 spiro atoms. The molecule has 0 bridgehead atoms. The molecule has 1 aromatic carbocycles. The number of hydrogen-bond acceptors (Lipinski definition) is 2. The summed E-state index contributed by atoms with van der Waals surface area (Å²) in [6, 6.07) is 8.21. The first-order valence-electron chi connectivity index (χ1n) is 6.61. The Balaban J connectivity index is 2.12. The fourth-order valence-corrected chi connectivity index (χ4v) is 2.44. The van der Waals surface area contributed by atoms with Crippen LogP contribution < -0.4 is 4.90 Å². The van der Waals surface area contributed by atoms with Crippen LogP contribution in [-0.2, 0) is 0 Å². The zero-order chi connectivity index (χ0) is 12.4. The van der Waals surface area contributed by atoms with E-state index in [4.69, 9.17) is 0 Å². The second-order valence-electron chi connectivity index (χ2n) is 5.34. The van der Waals surface area contributed by atoms with Gasteiger partial charge in [-0.2, -0.15) is 0 Å². The molecule has 0 saturated heterocycles. The molecule has 1 aromatic rings. The van der Waals surface area contributed by atoms with Gasteiger partial charge in [0, 0.05) is 24.8 Å². The molecule has 94 valence electrons. The molecule has 0 amide bonds. The molecule has 1 saturated carbocycles. The van der Waals surface area contributed by atoms with Gasteiger partial charge in [-0.05, 0) is 30.7 Å². The van der Waals surface area contributed by atoms with E-state index < -0.39 is 0 Å². The lowest BCUT2D eigenvalue weighted by molar-refractivity contribution is 0.174. The van der Waals surface area contributed by atoms with Crippen molar-refractivity contribution in [2.75, 3.05) is 18.5 Å². The van der Waals surface area contributed by atoms with Gasteiger partial charge >= 0.3 is 0 Å². The van der Waals surface area contributed by atoms with Crippen LogP contribution in [0.3, 0.4) is 0 Å². The van der Waals surface area contributed by atoms with E-state index in [1.807, 2.05) is 25.1 Å². The molecule has 17 heavy (non-hydrogen) atoms. The van der Waals surface area contributed by atoms with Crippen molar-refractivity contribution in [2.24, 2.45) is 11.8 Å². The van der Waals surface area contributed by atoms with Gasteiger partial charge in [0.15, 0.2) is 0 Å². The summed E-state index contributed by atoms with van der Waals surface area (Å²) in [5, 5.41) is 10.0. The number of aliphatic hydroxyl groups excluding tert-OH is 1. The molecule has 0 aromatic heterocycles. The van der Waals surface area contributed by atoms with Gasteiger partial charge < -0.3 is 10.0 Å². The third-order valence-electron chi connectivity index (χ3n) is 3.88. The molecule has 1 fully saturated rings. The van der Waals surface area contributed by atoms with E-state index in [0.29, 0.717) is 0 Å². The van der Waals surface area contributed by atoms with E-state index in [0.717, 1.165) is 30.4 Å². The molecule has 1 aliphatic carbocycles. The second kappa shape index (κ2) is 5.09. The van der Waals surface area contributed by atoms with Gasteiger partial charge in [-0.3, -0.25) is 0 Å². The average Bonchev–Trinajstić information content (AvgIpc) is 3.03. The van der Waals surface area contributed by atoms with Gasteiger partial charge in [0.05, 0.1) is 6.10 Å². The molecular formula is C15H23NO. The Morgan fingerprint density at radius 1 is 1.41 bits per heavy atom. The van der Waals surface area contributed by atoms with Crippen molar-refractivity contribution in [1.82, 2.24) is 0 Å². The van der Waals surface area contributed by atoms with Crippen molar-refractivity contribution in [2.45, 2.75) is 32.8 Å². The number of para-hydroxylation sites is 1. The predicted octanol–water partition coefficient (Wildman–Crippen LogP) is 3.22. The minimum atomic E-state index is -0.342. The summed E-state index contributed by atoms with van der Waals surface area (Å²) in [4.78, 5) is 2.29. The maximum absolute atomic E-state index is 10.0. The quantitative estimate of drug-likeness (QED) is 0.844. The first-order chi connectivity index (χ1) is 8.13. The molecule has 0 aliphatic heterocycles. The summed E-state index contributed by atoms with van der Waals surface area (Å²) < 4.78 is 0. The van der Waals surface area contributed by atoms with Crippen LogP contribution in [0.5, 0.6) is 0 Å². The van der Waals surface area contributed by atoms with Crippen LogP contribution in [0.4, 0.5) is 5.69 Å². The van der Waals surface area contributed by atoms with Crippen LogP contribution in [-0.4, -0.2) is 18.7 Å². The van der Waals surface area contributed by atoms with E-state index in [1.165, 1.54) is 12.1 Å². The molecule has 3 atom stereocenters. The second-order valence-corrected chi connectivity index (χ2v) is 5.34. The number of nitrogens with zero attached hydrogens (tertiary/aromatic N) is 1. The van der Waals surface area contributed by atoms with Crippen LogP contribution in [0.2, 0.25) is 0 Å². The fraction of sp³-hybridized carbons (Fsp3) is 0.600. The standard InChI is InChI=1S/C15H23NO/c1-4-15(17)13-7-5-6-8-14(13)16(3)10-12-9-11(12)2/h5-8,11-12,15,17H,4,9-10H2,1-3H3/t11?,12?,15-/m1/s1. The van der Waals surface area contributed by atoms with Gasteiger partial charge in [0.1, 0.15) is 0 Å². The fourth-order valence-electron chi connectivity index (χ4n) is 2.44. The first kappa shape index (κ1) is 12.4. The van der Waals surface area contributed by atoms with Crippen LogP contribution in [0.1, 0.15) is 38.4 Å². The van der Waals surface area contributed by atoms with Gasteiger partial charge in [-0.1, -0.05) is 32.0 Å². The highest BCUT2D eigenvalue weighted by Crippen LogP contribution is 2.39. The van der Waals surface area contributed by atoms with E-state index in [-0.39, 0.29) is 6.10 Å². The zero-order valence-corrected chi connectivity index (χ0v) is 11.1. The summed E-state index contributed by atoms with van der Waals surface area (Å²) in [6.07, 6.45) is 1.78. The van der Waals surface area contributed by atoms with Gasteiger partial charge in [-0.15, -0.1) is 0 Å². The molecule has 1 aliphatic rings. The minimum Gasteiger partial charge on any atom is -0.388 e. The molecule has 2 unspecified atom stereocenters. The topological polar surface area (TPSA) is 23.5 Å². The van der Waals surface area contributed by atoms with E-state index in [9.17, 15) is 5.11 Å². The van der Waals surface area contributed by atoms with Crippen molar-refractivity contribution in [1.29, 1.82) is 0 Å². The van der Waals surface area contributed by atoms with Crippen molar-refractivity contribution in [3.8, 4) is 0 Å². The Morgan fingerprint density at radius 3 is 2.65 bits per heavy atom. The van der Waals surface area contributed by atoms with Gasteiger partial charge in [0.2, 0.25) is 0 Å². The first-order valence-corrected chi connectivity index (χ1v) is 6.61. The van der Waals surface area contributed by atoms with Gasteiger partial charge in [0.25, 0.3) is 0 Å². The third kappa shape index (κ3) is 2.81. The van der Waals surface area contributed by atoms with E-state index in [1.54, 1.807) is 0 Å². The van der Waals surface area contributed by atoms with Crippen LogP contribution in [0.15, 0.2) is 24.3 Å². The highest BCUT2D eigenvalue weighted by atomic mass is 16.3. The maximum atomic E-state index is 10.0. The summed E-state index contributed by atoms with van der Waals surface area (Å²) in [7, 11) is 2.13. The van der Waals surface area contributed by atoms with Crippen LogP contribution in [0.25, 0.3) is 0 Å². The largest absolute Gasteiger partial charge is 0.388 e. The van der Waals surface area contributed by atoms with Crippen LogP contribution >= 0.6 is 0 Å². The van der Waals surface area contributed by atoms with Crippen LogP contribution in [0, 0.1) is 11.8 Å². The SMILES string of the molecule is CC[C@@H](O)c1ccccc1N(C)CC1CC1C. The third-order valence-corrected chi connectivity index (χ3v) is 3.88. The predicted molar refractivity (Wildman–Crippen MR) is 72.2 cm³/mol. The summed E-state index contributed by atoms with van der Waals surface area (Å²) in [5.41, 5.74) is 2.24. The highest BCUT2D eigenvalue weighted by Gasteiger charge is 2.33. The molecule has 0 heterocycles. The monoisotopic (exact) mass is 233 g/mol. The zero-order valence-electron chi connectivity index (χ0n) is 11.1. The Labute approximate surface area is 104 Å². The normalized spacial score (nSPS) is 24.5. The number of benzene rings is 1. The molecule has 2 nitrogen and oxygen atoms in total. The number of aliphatic hydroxyl groups is 1. The molecule has 0 radical (unpaired) electrons. The minimum absolute atomic E-state index is 0.342. The Bertz CT molecular complexity index is 377. The van der Waals surface area contributed by atoms with Gasteiger partial charge in [-0.25, -0.2) is 0 Å². The number of hydrogen-bond donors (Lipinski definition) is 1. The van der Waals surface area contributed by atoms with Crippen molar-refractivity contribution in [3.05, 3.63) is 29.8 Å². The molecule has 1 N–H and O–H groups in total. The van der Waals surface area contributed by atoms with E-state index >= 15 is 0 Å². The van der Waals surface area contributed by atoms with Crippen molar-refractivity contribution >= 4 is 5.69 Å². The van der Waals surface area contributed by atoms with E-state index in [2.05, 4.69) is 24.9 Å². The van der Waals surface area contributed by atoms with Crippen molar-refractivity contribution in [3.63, 3.8) is 0 Å².